The van der Waals surface area contributed by atoms with E-state index < -0.39 is 5.79 Å². The van der Waals surface area contributed by atoms with Crippen LogP contribution in [0.2, 0.25) is 0 Å². The van der Waals surface area contributed by atoms with Crippen molar-refractivity contribution in [3.8, 4) is 0 Å². The largest absolute Gasteiger partial charge is 0.342 e. The van der Waals surface area contributed by atoms with Gasteiger partial charge < -0.3 is 14.4 Å². The molecular formula is C17H19NO3. The highest BCUT2D eigenvalue weighted by molar-refractivity contribution is 5.93. The number of ether oxygens (including phenoxy) is 2. The summed E-state index contributed by atoms with van der Waals surface area (Å²) in [6.07, 6.45) is 5.77. The van der Waals surface area contributed by atoms with Crippen LogP contribution in [-0.4, -0.2) is 30.8 Å². The lowest BCUT2D eigenvalue weighted by atomic mass is 9.97. The monoisotopic (exact) mass is 285 g/mol. The summed E-state index contributed by atoms with van der Waals surface area (Å²) in [5.74, 6) is -1.40. The summed E-state index contributed by atoms with van der Waals surface area (Å²) < 4.78 is 11.0. The highest BCUT2D eigenvalue weighted by Crippen LogP contribution is 2.42. The van der Waals surface area contributed by atoms with E-state index in [2.05, 4.69) is 6.08 Å². The lowest BCUT2D eigenvalue weighted by molar-refractivity contribution is -0.195. The second-order valence-corrected chi connectivity index (χ2v) is 5.21. The third-order valence-electron chi connectivity index (χ3n) is 4.12. The first-order valence-corrected chi connectivity index (χ1v) is 7.09. The average Bonchev–Trinajstić information content (AvgIpc) is 2.78. The van der Waals surface area contributed by atoms with Crippen LogP contribution >= 0.6 is 0 Å². The molecule has 3 rings (SSSR count). The third kappa shape index (κ3) is 2.11. The SMILES string of the molecule is COC1(OC)C(=O)N(Cc2ccccc2)C2=C1CCC=C2. The van der Waals surface area contributed by atoms with Crippen molar-refractivity contribution in [3.63, 3.8) is 0 Å². The van der Waals surface area contributed by atoms with Crippen LogP contribution in [0.3, 0.4) is 0 Å². The molecule has 2 aliphatic rings. The Balaban J connectivity index is 2.00. The number of rotatable bonds is 4. The fourth-order valence-electron chi connectivity index (χ4n) is 3.08. The summed E-state index contributed by atoms with van der Waals surface area (Å²) in [5, 5.41) is 0. The van der Waals surface area contributed by atoms with Crippen molar-refractivity contribution in [3.05, 3.63) is 59.3 Å². The van der Waals surface area contributed by atoms with Gasteiger partial charge in [0.25, 0.3) is 11.7 Å². The van der Waals surface area contributed by atoms with Crippen molar-refractivity contribution in [2.75, 3.05) is 14.2 Å². The van der Waals surface area contributed by atoms with E-state index in [1.54, 1.807) is 4.90 Å². The van der Waals surface area contributed by atoms with E-state index in [0.29, 0.717) is 6.54 Å². The van der Waals surface area contributed by atoms with E-state index >= 15 is 0 Å². The molecule has 4 heteroatoms. The molecule has 110 valence electrons. The first-order valence-electron chi connectivity index (χ1n) is 7.09. The van der Waals surface area contributed by atoms with Gasteiger partial charge >= 0.3 is 0 Å². The van der Waals surface area contributed by atoms with E-state index in [9.17, 15) is 4.79 Å². The minimum atomic E-state index is -1.26. The Labute approximate surface area is 124 Å². The molecule has 21 heavy (non-hydrogen) atoms. The summed E-state index contributed by atoms with van der Waals surface area (Å²) in [7, 11) is 3.05. The fourth-order valence-corrected chi connectivity index (χ4v) is 3.08. The van der Waals surface area contributed by atoms with Crippen molar-refractivity contribution in [2.24, 2.45) is 0 Å². The maximum absolute atomic E-state index is 12.9. The lowest BCUT2D eigenvalue weighted by Crippen LogP contribution is -2.46. The van der Waals surface area contributed by atoms with Crippen LogP contribution < -0.4 is 0 Å². The van der Waals surface area contributed by atoms with Crippen LogP contribution in [-0.2, 0) is 20.8 Å². The molecule has 0 spiro atoms. The number of hydrogen-bond acceptors (Lipinski definition) is 3. The smallest absolute Gasteiger partial charge is 0.292 e. The zero-order valence-corrected chi connectivity index (χ0v) is 12.3. The number of benzene rings is 1. The molecule has 0 saturated carbocycles. The van der Waals surface area contributed by atoms with E-state index in [4.69, 9.17) is 9.47 Å². The highest BCUT2D eigenvalue weighted by atomic mass is 16.7. The maximum Gasteiger partial charge on any atom is 0.292 e. The van der Waals surface area contributed by atoms with Crippen LogP contribution in [0.5, 0.6) is 0 Å². The number of hydrogen-bond donors (Lipinski definition) is 0. The second-order valence-electron chi connectivity index (χ2n) is 5.21. The quantitative estimate of drug-likeness (QED) is 0.798. The predicted octanol–water partition coefficient (Wildman–Crippen LogP) is 2.62. The van der Waals surface area contributed by atoms with Crippen molar-refractivity contribution >= 4 is 5.91 Å². The molecule has 0 radical (unpaired) electrons. The molecule has 1 aromatic carbocycles. The Kier molecular flexibility index (Phi) is 3.66. The molecule has 0 fully saturated rings. The molecule has 0 atom stereocenters. The maximum atomic E-state index is 12.9. The Hall–Kier alpha value is -1.91. The summed E-state index contributed by atoms with van der Waals surface area (Å²) in [6, 6.07) is 9.94. The molecule has 1 heterocycles. The van der Waals surface area contributed by atoms with Gasteiger partial charge in [-0.25, -0.2) is 0 Å². The molecule has 0 aromatic heterocycles. The Morgan fingerprint density at radius 3 is 2.57 bits per heavy atom. The van der Waals surface area contributed by atoms with Gasteiger partial charge in [-0.15, -0.1) is 0 Å². The van der Waals surface area contributed by atoms with E-state index in [1.165, 1.54) is 14.2 Å². The van der Waals surface area contributed by atoms with Crippen LogP contribution in [0.15, 0.2) is 53.8 Å². The molecular weight excluding hydrogens is 266 g/mol. The summed E-state index contributed by atoms with van der Waals surface area (Å²) in [6.45, 7) is 0.525. The number of allylic oxidation sites excluding steroid dienone is 2. The van der Waals surface area contributed by atoms with Gasteiger partial charge in [-0.2, -0.15) is 0 Å². The molecule has 1 aliphatic carbocycles. The van der Waals surface area contributed by atoms with Crippen LogP contribution in [0.4, 0.5) is 0 Å². The minimum Gasteiger partial charge on any atom is -0.342 e. The van der Waals surface area contributed by atoms with Gasteiger partial charge in [0.15, 0.2) is 0 Å². The van der Waals surface area contributed by atoms with E-state index in [-0.39, 0.29) is 5.91 Å². The van der Waals surface area contributed by atoms with Gasteiger partial charge in [0.1, 0.15) is 0 Å². The Bertz CT molecular complexity index is 600. The average molecular weight is 285 g/mol. The van der Waals surface area contributed by atoms with Gasteiger partial charge in [0.2, 0.25) is 0 Å². The van der Waals surface area contributed by atoms with E-state index in [1.807, 2.05) is 36.4 Å². The van der Waals surface area contributed by atoms with Crippen molar-refractivity contribution in [1.29, 1.82) is 0 Å². The van der Waals surface area contributed by atoms with Crippen molar-refractivity contribution in [2.45, 2.75) is 25.2 Å². The molecule has 1 aliphatic heterocycles. The predicted molar refractivity (Wildman–Crippen MR) is 79.1 cm³/mol. The summed E-state index contributed by atoms with van der Waals surface area (Å²) >= 11 is 0. The molecule has 1 amide bonds. The van der Waals surface area contributed by atoms with Gasteiger partial charge in [-0.1, -0.05) is 36.4 Å². The number of methoxy groups -OCH3 is 2. The lowest BCUT2D eigenvalue weighted by Gasteiger charge is -2.27. The summed E-state index contributed by atoms with van der Waals surface area (Å²) in [5.41, 5.74) is 2.93. The molecule has 1 aromatic rings. The van der Waals surface area contributed by atoms with Crippen LogP contribution in [0.1, 0.15) is 18.4 Å². The first kappa shape index (κ1) is 14.0. The number of carbonyl (C=O) groups is 1. The number of nitrogens with zero attached hydrogens (tertiary/aromatic N) is 1. The normalized spacial score (nSPS) is 20.1. The van der Waals surface area contributed by atoms with Gasteiger partial charge in [-0.3, -0.25) is 4.79 Å². The third-order valence-corrected chi connectivity index (χ3v) is 4.12. The number of amides is 1. The van der Waals surface area contributed by atoms with Gasteiger partial charge in [0, 0.05) is 25.5 Å². The van der Waals surface area contributed by atoms with Gasteiger partial charge in [-0.05, 0) is 24.5 Å². The molecule has 0 unspecified atom stereocenters. The van der Waals surface area contributed by atoms with Gasteiger partial charge in [0.05, 0.1) is 6.54 Å². The molecule has 4 nitrogen and oxygen atoms in total. The molecule has 0 bridgehead atoms. The minimum absolute atomic E-state index is 0.145. The second kappa shape index (κ2) is 5.47. The number of carbonyl (C=O) groups excluding carboxylic acids is 1. The fraction of sp³-hybridized carbons (Fsp3) is 0.353. The zero-order valence-electron chi connectivity index (χ0n) is 12.3. The van der Waals surface area contributed by atoms with Crippen molar-refractivity contribution in [1.82, 2.24) is 4.90 Å². The summed E-state index contributed by atoms with van der Waals surface area (Å²) in [4.78, 5) is 14.6. The van der Waals surface area contributed by atoms with Crippen molar-refractivity contribution < 1.29 is 14.3 Å². The van der Waals surface area contributed by atoms with Crippen LogP contribution in [0.25, 0.3) is 0 Å². The zero-order chi connectivity index (χ0) is 14.9. The van der Waals surface area contributed by atoms with E-state index in [0.717, 1.165) is 29.7 Å². The first-order chi connectivity index (χ1) is 10.2. The van der Waals surface area contributed by atoms with Crippen LogP contribution in [0, 0.1) is 0 Å². The Morgan fingerprint density at radius 2 is 1.90 bits per heavy atom. The highest BCUT2D eigenvalue weighted by Gasteiger charge is 2.53. The topological polar surface area (TPSA) is 38.8 Å². The Morgan fingerprint density at radius 1 is 1.19 bits per heavy atom. The standard InChI is InChI=1S/C17H19NO3/c1-20-17(21-2)14-10-6-7-11-15(14)18(16(17)19)12-13-8-4-3-5-9-13/h3-5,7-9,11H,6,10,12H2,1-2H3. The molecule has 0 N–H and O–H groups in total. The molecule has 0 saturated heterocycles.